The summed E-state index contributed by atoms with van der Waals surface area (Å²) in [5, 5.41) is 28.0. The second-order valence-electron chi connectivity index (χ2n) is 2.72. The molecule has 0 aliphatic heterocycles. The maximum atomic E-state index is 9.50. The molecular weight excluding hydrogens is 204 g/mol. The van der Waals surface area contributed by atoms with Crippen molar-refractivity contribution in [3.63, 3.8) is 0 Å². The summed E-state index contributed by atoms with van der Waals surface area (Å²) < 4.78 is 4.90. The second-order valence-corrected chi connectivity index (χ2v) is 3.53. The molecule has 0 saturated carbocycles. The van der Waals surface area contributed by atoms with Crippen molar-refractivity contribution in [2.24, 2.45) is 0 Å². The summed E-state index contributed by atoms with van der Waals surface area (Å²) in [5.41, 5.74) is 0.646. The lowest BCUT2D eigenvalue weighted by atomic mass is 10.2. The van der Waals surface area contributed by atoms with Gasteiger partial charge in [-0.2, -0.15) is 0 Å². The van der Waals surface area contributed by atoms with Gasteiger partial charge in [-0.3, -0.25) is 0 Å². The van der Waals surface area contributed by atoms with Crippen molar-refractivity contribution in [1.82, 2.24) is 0 Å². The average Bonchev–Trinajstić information content (AvgIpc) is 2.16. The fourth-order valence-electron chi connectivity index (χ4n) is 1.17. The minimum absolute atomic E-state index is 0.275. The van der Waals surface area contributed by atoms with Crippen molar-refractivity contribution in [3.8, 4) is 17.2 Å². The van der Waals surface area contributed by atoms with Gasteiger partial charge in [-0.1, -0.05) is 0 Å². The predicted octanol–water partition coefficient (Wildman–Crippen LogP) is 1.67. The molecule has 1 aromatic carbocycles. The second kappa shape index (κ2) is 4.43. The van der Waals surface area contributed by atoms with E-state index in [0.717, 1.165) is 0 Å². The van der Waals surface area contributed by atoms with Gasteiger partial charge in [0, 0.05) is 7.11 Å². The van der Waals surface area contributed by atoms with Crippen LogP contribution in [0.25, 0.3) is 0 Å². The summed E-state index contributed by atoms with van der Waals surface area (Å²) in [6.07, 6.45) is 1.77. The lowest BCUT2D eigenvalue weighted by molar-refractivity contribution is 0.181. The van der Waals surface area contributed by atoms with Gasteiger partial charge in [-0.15, -0.1) is 11.8 Å². The maximum absolute atomic E-state index is 9.50. The fraction of sp³-hybridized carbons (Fsp3) is 0.333. The Morgan fingerprint density at radius 2 is 1.93 bits per heavy atom. The lowest BCUT2D eigenvalue weighted by Gasteiger charge is -2.11. The Morgan fingerprint density at radius 3 is 2.43 bits per heavy atom. The van der Waals surface area contributed by atoms with Crippen molar-refractivity contribution < 1.29 is 20.1 Å². The van der Waals surface area contributed by atoms with Crippen molar-refractivity contribution in [2.45, 2.75) is 11.5 Å². The first-order valence-electron chi connectivity index (χ1n) is 3.91. The molecule has 0 aliphatic rings. The van der Waals surface area contributed by atoms with Gasteiger partial charge < -0.3 is 20.1 Å². The van der Waals surface area contributed by atoms with E-state index >= 15 is 0 Å². The van der Waals surface area contributed by atoms with Gasteiger partial charge in [0.15, 0.2) is 11.5 Å². The normalized spacial score (nSPS) is 10.4. The molecule has 0 aliphatic carbocycles. The maximum Gasteiger partial charge on any atom is 0.201 e. The van der Waals surface area contributed by atoms with Gasteiger partial charge in [-0.05, 0) is 17.9 Å². The van der Waals surface area contributed by atoms with Gasteiger partial charge in [0.1, 0.15) is 0 Å². The van der Waals surface area contributed by atoms with Crippen LogP contribution in [0.1, 0.15) is 5.56 Å². The van der Waals surface area contributed by atoms with Crippen molar-refractivity contribution in [2.75, 3.05) is 13.4 Å². The lowest BCUT2D eigenvalue weighted by Crippen LogP contribution is -1.91. The van der Waals surface area contributed by atoms with E-state index in [-0.39, 0.29) is 18.1 Å². The summed E-state index contributed by atoms with van der Waals surface area (Å²) in [5.74, 6) is -1.13. The quantitative estimate of drug-likeness (QED) is 0.529. The molecule has 0 fully saturated rings. The van der Waals surface area contributed by atoms with Crippen LogP contribution in [-0.4, -0.2) is 28.7 Å². The topological polar surface area (TPSA) is 69.9 Å². The molecule has 4 nitrogen and oxygen atoms in total. The average molecular weight is 216 g/mol. The van der Waals surface area contributed by atoms with E-state index in [0.29, 0.717) is 10.5 Å². The molecule has 1 aromatic rings. The van der Waals surface area contributed by atoms with Gasteiger partial charge in [0.2, 0.25) is 5.75 Å². The van der Waals surface area contributed by atoms with Crippen molar-refractivity contribution in [1.29, 1.82) is 0 Å². The van der Waals surface area contributed by atoms with E-state index in [1.807, 2.05) is 0 Å². The molecule has 0 unspecified atom stereocenters. The Kier molecular flexibility index (Phi) is 3.49. The first kappa shape index (κ1) is 11.0. The zero-order valence-electron chi connectivity index (χ0n) is 7.94. The fourth-order valence-corrected chi connectivity index (χ4v) is 1.84. The number of benzene rings is 1. The molecule has 0 atom stereocenters. The van der Waals surface area contributed by atoms with E-state index < -0.39 is 5.75 Å². The number of aromatic hydroxyl groups is 3. The van der Waals surface area contributed by atoms with Crippen LogP contribution >= 0.6 is 11.8 Å². The Labute approximate surface area is 86.1 Å². The molecule has 5 heteroatoms. The smallest absolute Gasteiger partial charge is 0.201 e. The number of phenols is 3. The molecule has 0 bridgehead atoms. The standard InChI is InChI=1S/C9H12O4S/c1-13-4-5-3-6(10)7(11)8(12)9(5)14-2/h3,10-12H,4H2,1-2H3. The van der Waals surface area contributed by atoms with E-state index in [1.54, 1.807) is 6.26 Å². The minimum atomic E-state index is -0.491. The van der Waals surface area contributed by atoms with Gasteiger partial charge in [0.05, 0.1) is 11.5 Å². The Bertz CT molecular complexity index is 338. The largest absolute Gasteiger partial charge is 0.504 e. The molecule has 0 heterocycles. The Balaban J connectivity index is 3.28. The number of methoxy groups -OCH3 is 1. The Morgan fingerprint density at radius 1 is 1.29 bits per heavy atom. The van der Waals surface area contributed by atoms with Crippen molar-refractivity contribution >= 4 is 11.8 Å². The van der Waals surface area contributed by atoms with E-state index in [2.05, 4.69) is 0 Å². The van der Waals surface area contributed by atoms with Crippen LogP contribution in [0.4, 0.5) is 0 Å². The molecular formula is C9H12O4S. The number of ether oxygens (including phenoxy) is 1. The predicted molar refractivity (Wildman–Crippen MR) is 53.9 cm³/mol. The minimum Gasteiger partial charge on any atom is -0.504 e. The first-order valence-corrected chi connectivity index (χ1v) is 5.14. The molecule has 1 rings (SSSR count). The molecule has 0 spiro atoms. The number of hydrogen-bond acceptors (Lipinski definition) is 5. The zero-order valence-corrected chi connectivity index (χ0v) is 8.76. The van der Waals surface area contributed by atoms with Crippen LogP contribution < -0.4 is 0 Å². The van der Waals surface area contributed by atoms with Gasteiger partial charge in [-0.25, -0.2) is 0 Å². The highest BCUT2D eigenvalue weighted by Gasteiger charge is 2.15. The van der Waals surface area contributed by atoms with Crippen LogP contribution in [-0.2, 0) is 11.3 Å². The first-order chi connectivity index (χ1) is 6.61. The van der Waals surface area contributed by atoms with Crippen LogP contribution in [0, 0.1) is 0 Å². The van der Waals surface area contributed by atoms with Crippen LogP contribution in [0.5, 0.6) is 17.2 Å². The summed E-state index contributed by atoms with van der Waals surface area (Å²) in [6, 6.07) is 1.38. The number of thioether (sulfide) groups is 1. The summed E-state index contributed by atoms with van der Waals surface area (Å²) in [7, 11) is 1.52. The zero-order chi connectivity index (χ0) is 10.7. The number of rotatable bonds is 3. The highest BCUT2D eigenvalue weighted by atomic mass is 32.2. The van der Waals surface area contributed by atoms with Gasteiger partial charge >= 0.3 is 0 Å². The van der Waals surface area contributed by atoms with E-state index in [9.17, 15) is 15.3 Å². The summed E-state index contributed by atoms with van der Waals surface area (Å²) >= 11 is 1.28. The molecule has 3 N–H and O–H groups in total. The third-order valence-corrected chi connectivity index (χ3v) is 2.65. The third-order valence-electron chi connectivity index (χ3n) is 1.79. The summed E-state index contributed by atoms with van der Waals surface area (Å²) in [4.78, 5) is 0.516. The molecule has 0 amide bonds. The SMILES string of the molecule is COCc1cc(O)c(O)c(O)c1SC. The molecule has 0 aromatic heterocycles. The molecule has 78 valence electrons. The van der Waals surface area contributed by atoms with Crippen LogP contribution in [0.15, 0.2) is 11.0 Å². The van der Waals surface area contributed by atoms with Crippen LogP contribution in [0.3, 0.4) is 0 Å². The monoisotopic (exact) mass is 216 g/mol. The highest BCUT2D eigenvalue weighted by molar-refractivity contribution is 7.98. The third kappa shape index (κ3) is 1.88. The summed E-state index contributed by atoms with van der Waals surface area (Å²) in [6.45, 7) is 0.275. The number of phenolic OH excluding ortho intramolecular Hbond substituents is 3. The van der Waals surface area contributed by atoms with E-state index in [1.165, 1.54) is 24.9 Å². The highest BCUT2D eigenvalue weighted by Crippen LogP contribution is 2.43. The Hall–Kier alpha value is -1.07. The number of hydrogen-bond donors (Lipinski definition) is 3. The molecule has 0 saturated heterocycles. The van der Waals surface area contributed by atoms with E-state index in [4.69, 9.17) is 4.74 Å². The molecule has 14 heavy (non-hydrogen) atoms. The van der Waals surface area contributed by atoms with Crippen LogP contribution in [0.2, 0.25) is 0 Å². The van der Waals surface area contributed by atoms with Crippen molar-refractivity contribution in [3.05, 3.63) is 11.6 Å². The van der Waals surface area contributed by atoms with Gasteiger partial charge in [0.25, 0.3) is 0 Å². The molecule has 0 radical (unpaired) electrons.